The van der Waals surface area contributed by atoms with Gasteiger partial charge in [0.05, 0.1) is 16.8 Å². The molecule has 0 aliphatic heterocycles. The number of carbonyl (C=O) groups excluding carboxylic acids is 2. The second-order valence-corrected chi connectivity index (χ2v) is 6.20. The van der Waals surface area contributed by atoms with E-state index in [2.05, 4.69) is 15.3 Å². The lowest BCUT2D eigenvalue weighted by molar-refractivity contribution is -0.117. The highest BCUT2D eigenvalue weighted by atomic mass is 32.2. The number of imide groups is 1. The normalized spacial score (nSPS) is 10.9. The molecule has 0 radical (unpaired) electrons. The van der Waals surface area contributed by atoms with Crippen LogP contribution in [0.2, 0.25) is 0 Å². The van der Waals surface area contributed by atoms with Crippen LogP contribution in [0.1, 0.15) is 16.1 Å². The average molecular weight is 328 g/mol. The van der Waals surface area contributed by atoms with Gasteiger partial charge in [-0.05, 0) is 36.8 Å². The first-order valence-electron chi connectivity index (χ1n) is 7.07. The van der Waals surface area contributed by atoms with E-state index >= 15 is 0 Å². The number of hydrogen-bond acceptors (Lipinski definition) is 4. The van der Waals surface area contributed by atoms with E-state index in [-0.39, 0.29) is 11.7 Å². The van der Waals surface area contributed by atoms with E-state index in [9.17, 15) is 9.59 Å². The van der Waals surface area contributed by atoms with Gasteiger partial charge in [0, 0.05) is 13.2 Å². The summed E-state index contributed by atoms with van der Waals surface area (Å²) in [4.78, 5) is 31.4. The van der Waals surface area contributed by atoms with Crippen molar-refractivity contribution in [1.82, 2.24) is 19.9 Å². The number of hydrogen-bond donors (Lipinski definition) is 2. The predicted octanol–water partition coefficient (Wildman–Crippen LogP) is 2.26. The number of carbonyl (C=O) groups is 2. The van der Waals surface area contributed by atoms with Gasteiger partial charge in [-0.1, -0.05) is 17.8 Å². The number of aromatic nitrogens is 3. The monoisotopic (exact) mass is 328 g/mol. The number of amides is 2. The standard InChI is InChI=1S/C16H16N4O2S/c1-10-5-6-11-12(8-10)18-16(17-11)23-9-14(21)19-15(22)13-4-3-7-20(13)2/h3-8H,9H2,1-2H3,(H,17,18)(H,19,21,22). The predicted molar refractivity (Wildman–Crippen MR) is 89.4 cm³/mol. The Morgan fingerprint density at radius 3 is 2.91 bits per heavy atom. The van der Waals surface area contributed by atoms with Crippen LogP contribution in [0.15, 0.2) is 41.7 Å². The fourth-order valence-electron chi connectivity index (χ4n) is 2.23. The molecule has 0 saturated carbocycles. The molecule has 2 heterocycles. The van der Waals surface area contributed by atoms with Gasteiger partial charge in [-0.2, -0.15) is 0 Å². The molecule has 6 nitrogen and oxygen atoms in total. The molecule has 3 rings (SSSR count). The van der Waals surface area contributed by atoms with Crippen molar-refractivity contribution < 1.29 is 9.59 Å². The lowest BCUT2D eigenvalue weighted by Gasteiger charge is -2.04. The van der Waals surface area contributed by atoms with Crippen molar-refractivity contribution in [2.75, 3.05) is 5.75 Å². The zero-order valence-corrected chi connectivity index (χ0v) is 13.6. The Bertz CT molecular complexity index is 881. The van der Waals surface area contributed by atoms with E-state index in [1.165, 1.54) is 11.8 Å². The van der Waals surface area contributed by atoms with Gasteiger partial charge < -0.3 is 9.55 Å². The lowest BCUT2D eigenvalue weighted by atomic mass is 10.2. The van der Waals surface area contributed by atoms with Gasteiger partial charge in [0.2, 0.25) is 5.91 Å². The third kappa shape index (κ3) is 3.45. The van der Waals surface area contributed by atoms with Crippen molar-refractivity contribution in [3.63, 3.8) is 0 Å². The van der Waals surface area contributed by atoms with Gasteiger partial charge >= 0.3 is 0 Å². The minimum absolute atomic E-state index is 0.120. The van der Waals surface area contributed by atoms with Crippen LogP contribution in [0.3, 0.4) is 0 Å². The van der Waals surface area contributed by atoms with Crippen LogP contribution in [-0.2, 0) is 11.8 Å². The quantitative estimate of drug-likeness (QED) is 0.720. The topological polar surface area (TPSA) is 79.8 Å². The third-order valence-electron chi connectivity index (χ3n) is 3.38. The number of thioether (sulfide) groups is 1. The number of imidazole rings is 1. The SMILES string of the molecule is Cc1ccc2nc(SCC(=O)NC(=O)c3cccn3C)[nH]c2c1. The molecular formula is C16H16N4O2S. The molecular weight excluding hydrogens is 312 g/mol. The Kier molecular flexibility index (Phi) is 4.20. The summed E-state index contributed by atoms with van der Waals surface area (Å²) >= 11 is 1.27. The summed E-state index contributed by atoms with van der Waals surface area (Å²) in [5.41, 5.74) is 3.39. The molecule has 1 aromatic carbocycles. The molecule has 3 aromatic rings. The van der Waals surface area contributed by atoms with Gasteiger partial charge in [0.15, 0.2) is 5.16 Å². The van der Waals surface area contributed by atoms with Crippen LogP contribution >= 0.6 is 11.8 Å². The average Bonchev–Trinajstić information content (AvgIpc) is 3.10. The Labute approximate surface area is 137 Å². The van der Waals surface area contributed by atoms with E-state index in [0.29, 0.717) is 10.9 Å². The smallest absolute Gasteiger partial charge is 0.274 e. The van der Waals surface area contributed by atoms with Crippen LogP contribution in [0, 0.1) is 6.92 Å². The number of fused-ring (bicyclic) bond motifs is 1. The minimum atomic E-state index is -0.400. The second-order valence-electron chi connectivity index (χ2n) is 5.23. The summed E-state index contributed by atoms with van der Waals surface area (Å²) in [5, 5.41) is 3.03. The molecule has 2 aromatic heterocycles. The highest BCUT2D eigenvalue weighted by molar-refractivity contribution is 7.99. The van der Waals surface area contributed by atoms with E-state index in [1.807, 2.05) is 25.1 Å². The summed E-state index contributed by atoms with van der Waals surface area (Å²) in [6.45, 7) is 2.01. The number of rotatable bonds is 4. The van der Waals surface area contributed by atoms with Gasteiger partial charge in [0.25, 0.3) is 5.91 Å². The van der Waals surface area contributed by atoms with E-state index in [0.717, 1.165) is 16.6 Å². The Morgan fingerprint density at radius 2 is 2.17 bits per heavy atom. The molecule has 0 aliphatic rings. The number of nitrogens with one attached hydrogen (secondary N) is 2. The number of benzene rings is 1. The summed E-state index contributed by atoms with van der Waals surface area (Å²) in [6, 6.07) is 9.35. The summed E-state index contributed by atoms with van der Waals surface area (Å²) in [6.07, 6.45) is 1.75. The molecule has 0 unspecified atom stereocenters. The molecule has 2 amide bonds. The van der Waals surface area contributed by atoms with Crippen LogP contribution in [0.5, 0.6) is 0 Å². The number of aromatic amines is 1. The highest BCUT2D eigenvalue weighted by Gasteiger charge is 2.13. The van der Waals surface area contributed by atoms with E-state index in [1.54, 1.807) is 29.9 Å². The number of H-pyrrole nitrogens is 1. The third-order valence-corrected chi connectivity index (χ3v) is 4.26. The fourth-order valence-corrected chi connectivity index (χ4v) is 2.91. The molecule has 0 atom stereocenters. The summed E-state index contributed by atoms with van der Waals surface area (Å²) in [7, 11) is 1.75. The number of nitrogens with zero attached hydrogens (tertiary/aromatic N) is 2. The maximum absolute atomic E-state index is 11.9. The minimum Gasteiger partial charge on any atom is -0.347 e. The fraction of sp³-hybridized carbons (Fsp3) is 0.188. The van der Waals surface area contributed by atoms with Crippen molar-refractivity contribution in [2.24, 2.45) is 7.05 Å². The zero-order chi connectivity index (χ0) is 16.4. The van der Waals surface area contributed by atoms with Crippen LogP contribution in [0.4, 0.5) is 0 Å². The Balaban J connectivity index is 1.59. The highest BCUT2D eigenvalue weighted by Crippen LogP contribution is 2.20. The summed E-state index contributed by atoms with van der Waals surface area (Å²) < 4.78 is 1.66. The van der Waals surface area contributed by atoms with Gasteiger partial charge in [-0.3, -0.25) is 14.9 Å². The molecule has 23 heavy (non-hydrogen) atoms. The summed E-state index contributed by atoms with van der Waals surface area (Å²) in [5.74, 6) is -0.629. The van der Waals surface area contributed by atoms with E-state index < -0.39 is 5.91 Å². The van der Waals surface area contributed by atoms with Crippen molar-refractivity contribution in [3.05, 3.63) is 47.8 Å². The van der Waals surface area contributed by atoms with E-state index in [4.69, 9.17) is 0 Å². The first kappa shape index (κ1) is 15.4. The van der Waals surface area contributed by atoms with Crippen LogP contribution < -0.4 is 5.32 Å². The zero-order valence-electron chi connectivity index (χ0n) is 12.8. The lowest BCUT2D eigenvalue weighted by Crippen LogP contribution is -2.32. The van der Waals surface area contributed by atoms with Gasteiger partial charge in [-0.25, -0.2) is 4.98 Å². The molecule has 118 valence electrons. The largest absolute Gasteiger partial charge is 0.347 e. The van der Waals surface area contributed by atoms with Crippen molar-refractivity contribution in [1.29, 1.82) is 0 Å². The first-order valence-corrected chi connectivity index (χ1v) is 8.06. The molecule has 0 aliphatic carbocycles. The Hall–Kier alpha value is -2.54. The molecule has 0 fully saturated rings. The van der Waals surface area contributed by atoms with Crippen LogP contribution in [0.25, 0.3) is 11.0 Å². The number of aryl methyl sites for hydroxylation is 2. The van der Waals surface area contributed by atoms with Crippen molar-refractivity contribution >= 4 is 34.6 Å². The maximum Gasteiger partial charge on any atom is 0.274 e. The Morgan fingerprint density at radius 1 is 1.35 bits per heavy atom. The molecule has 0 saturated heterocycles. The van der Waals surface area contributed by atoms with Crippen LogP contribution in [-0.4, -0.2) is 32.1 Å². The maximum atomic E-state index is 11.9. The molecule has 7 heteroatoms. The first-order chi connectivity index (χ1) is 11.0. The molecule has 2 N–H and O–H groups in total. The molecule has 0 bridgehead atoms. The van der Waals surface area contributed by atoms with Gasteiger partial charge in [-0.15, -0.1) is 0 Å². The second kappa shape index (κ2) is 6.29. The van der Waals surface area contributed by atoms with Crippen molar-refractivity contribution in [2.45, 2.75) is 12.1 Å². The van der Waals surface area contributed by atoms with Crippen molar-refractivity contribution in [3.8, 4) is 0 Å². The van der Waals surface area contributed by atoms with Gasteiger partial charge in [0.1, 0.15) is 5.69 Å². The molecule has 0 spiro atoms.